The fourth-order valence-electron chi connectivity index (χ4n) is 1.01. The molecule has 0 radical (unpaired) electrons. The van der Waals surface area contributed by atoms with E-state index in [-0.39, 0.29) is 12.4 Å². The number of carbonyl (C=O) groups is 1. The van der Waals surface area contributed by atoms with Crippen LogP contribution in [0.25, 0.3) is 0 Å². The van der Waals surface area contributed by atoms with E-state index in [1.807, 2.05) is 6.07 Å². The number of rotatable bonds is 3. The molecule has 0 saturated heterocycles. The summed E-state index contributed by atoms with van der Waals surface area (Å²) in [5.74, 6) is -0.356. The Labute approximate surface area is 92.4 Å². The summed E-state index contributed by atoms with van der Waals surface area (Å²) in [4.78, 5) is 15.0. The summed E-state index contributed by atoms with van der Waals surface area (Å²) in [5.41, 5.74) is 0.793. The Morgan fingerprint density at radius 1 is 1.73 bits per heavy atom. The van der Waals surface area contributed by atoms with Gasteiger partial charge in [-0.3, -0.25) is 9.78 Å². The molecule has 4 nitrogen and oxygen atoms in total. The standard InChI is InChI=1S/C10H9ClN2O2/c1-2-15-10(14)4-8-3-9(11)7(5-12)6-13-8/h3,6H,2,4H2,1H3. The summed E-state index contributed by atoms with van der Waals surface area (Å²) in [6.45, 7) is 2.07. The highest BCUT2D eigenvalue weighted by molar-refractivity contribution is 6.31. The van der Waals surface area contributed by atoms with Gasteiger partial charge in [0.05, 0.1) is 29.3 Å². The Hall–Kier alpha value is -1.60. The van der Waals surface area contributed by atoms with Gasteiger partial charge >= 0.3 is 5.97 Å². The molecule has 1 aromatic rings. The van der Waals surface area contributed by atoms with Gasteiger partial charge in [0.15, 0.2) is 0 Å². The summed E-state index contributed by atoms with van der Waals surface area (Å²) in [7, 11) is 0. The molecule has 0 atom stereocenters. The predicted octanol–water partition coefficient (Wildman–Crippen LogP) is 1.71. The van der Waals surface area contributed by atoms with Gasteiger partial charge in [-0.1, -0.05) is 11.6 Å². The molecular weight excluding hydrogens is 216 g/mol. The summed E-state index contributed by atoms with van der Waals surface area (Å²) >= 11 is 5.78. The summed E-state index contributed by atoms with van der Waals surface area (Å²) in [6.07, 6.45) is 1.41. The molecule has 0 unspecified atom stereocenters. The van der Waals surface area contributed by atoms with Crippen LogP contribution in [0, 0.1) is 11.3 Å². The summed E-state index contributed by atoms with van der Waals surface area (Å²) in [5, 5.41) is 8.91. The zero-order chi connectivity index (χ0) is 11.3. The van der Waals surface area contributed by atoms with Crippen LogP contribution >= 0.6 is 11.6 Å². The molecule has 0 amide bonds. The number of aromatic nitrogens is 1. The van der Waals surface area contributed by atoms with Crippen LogP contribution in [0.4, 0.5) is 0 Å². The van der Waals surface area contributed by atoms with Gasteiger partial charge in [-0.05, 0) is 13.0 Å². The van der Waals surface area contributed by atoms with Crippen molar-refractivity contribution in [1.29, 1.82) is 5.26 Å². The quantitative estimate of drug-likeness (QED) is 0.734. The molecule has 1 aromatic heterocycles. The second kappa shape index (κ2) is 5.32. The molecular formula is C10H9ClN2O2. The van der Waals surface area contributed by atoms with Crippen LogP contribution in [0.5, 0.6) is 0 Å². The van der Waals surface area contributed by atoms with Crippen LogP contribution in [0.2, 0.25) is 5.02 Å². The highest BCUT2D eigenvalue weighted by Gasteiger charge is 2.07. The lowest BCUT2D eigenvalue weighted by molar-refractivity contribution is -0.142. The van der Waals surface area contributed by atoms with E-state index in [1.54, 1.807) is 6.92 Å². The maximum Gasteiger partial charge on any atom is 0.311 e. The van der Waals surface area contributed by atoms with E-state index in [0.29, 0.717) is 22.9 Å². The lowest BCUT2D eigenvalue weighted by Crippen LogP contribution is -2.08. The minimum atomic E-state index is -0.356. The van der Waals surface area contributed by atoms with E-state index in [0.717, 1.165) is 0 Å². The zero-order valence-electron chi connectivity index (χ0n) is 8.16. The molecule has 0 bridgehead atoms. The first-order valence-electron chi connectivity index (χ1n) is 4.37. The number of nitriles is 1. The van der Waals surface area contributed by atoms with Crippen molar-refractivity contribution in [1.82, 2.24) is 4.98 Å². The SMILES string of the molecule is CCOC(=O)Cc1cc(Cl)c(C#N)cn1. The first kappa shape index (κ1) is 11.5. The van der Waals surface area contributed by atoms with Crippen LogP contribution in [0.3, 0.4) is 0 Å². The van der Waals surface area contributed by atoms with E-state index in [4.69, 9.17) is 21.6 Å². The fourth-order valence-corrected chi connectivity index (χ4v) is 1.23. The average molecular weight is 225 g/mol. The normalized spacial score (nSPS) is 9.40. The zero-order valence-corrected chi connectivity index (χ0v) is 8.91. The maximum atomic E-state index is 11.1. The van der Waals surface area contributed by atoms with Gasteiger partial charge in [0.25, 0.3) is 0 Å². The van der Waals surface area contributed by atoms with Crippen LogP contribution in [0.15, 0.2) is 12.3 Å². The van der Waals surface area contributed by atoms with Crippen molar-refractivity contribution < 1.29 is 9.53 Å². The minimum Gasteiger partial charge on any atom is -0.466 e. The lowest BCUT2D eigenvalue weighted by Gasteiger charge is -2.02. The van der Waals surface area contributed by atoms with Gasteiger partial charge in [0.1, 0.15) is 6.07 Å². The Balaban J connectivity index is 2.76. The first-order valence-corrected chi connectivity index (χ1v) is 4.75. The molecule has 0 spiro atoms. The Morgan fingerprint density at radius 2 is 2.47 bits per heavy atom. The Kier molecular flexibility index (Phi) is 4.07. The molecule has 1 heterocycles. The molecule has 0 aliphatic rings. The van der Waals surface area contributed by atoms with Gasteiger partial charge in [-0.2, -0.15) is 5.26 Å². The molecule has 0 saturated carbocycles. The maximum absolute atomic E-state index is 11.1. The number of pyridine rings is 1. The average Bonchev–Trinajstić information content (AvgIpc) is 2.18. The summed E-state index contributed by atoms with van der Waals surface area (Å²) in [6, 6.07) is 3.39. The van der Waals surface area contributed by atoms with Crippen LogP contribution in [0.1, 0.15) is 18.2 Å². The van der Waals surface area contributed by atoms with Crippen molar-refractivity contribution >= 4 is 17.6 Å². The predicted molar refractivity (Wildman–Crippen MR) is 54.3 cm³/mol. The van der Waals surface area contributed by atoms with Crippen molar-refractivity contribution in [2.45, 2.75) is 13.3 Å². The monoisotopic (exact) mass is 224 g/mol. The fraction of sp³-hybridized carbons (Fsp3) is 0.300. The second-order valence-corrected chi connectivity index (χ2v) is 3.16. The van der Waals surface area contributed by atoms with Crippen molar-refractivity contribution in [3.8, 4) is 6.07 Å². The minimum absolute atomic E-state index is 0.0687. The molecule has 0 N–H and O–H groups in total. The van der Waals surface area contributed by atoms with E-state index in [2.05, 4.69) is 4.98 Å². The number of halogens is 1. The summed E-state index contributed by atoms with van der Waals surface area (Å²) < 4.78 is 4.76. The van der Waals surface area contributed by atoms with E-state index in [1.165, 1.54) is 12.3 Å². The number of carbonyl (C=O) groups excluding carboxylic acids is 1. The second-order valence-electron chi connectivity index (χ2n) is 2.75. The van der Waals surface area contributed by atoms with Crippen molar-refractivity contribution in [2.24, 2.45) is 0 Å². The Morgan fingerprint density at radius 3 is 3.00 bits per heavy atom. The van der Waals surface area contributed by atoms with E-state index in [9.17, 15) is 4.79 Å². The smallest absolute Gasteiger partial charge is 0.311 e. The molecule has 0 aliphatic carbocycles. The van der Waals surface area contributed by atoms with Crippen molar-refractivity contribution in [3.05, 3.63) is 28.5 Å². The Bertz CT molecular complexity index is 412. The van der Waals surface area contributed by atoms with Crippen molar-refractivity contribution in [3.63, 3.8) is 0 Å². The molecule has 0 aromatic carbocycles. The third kappa shape index (κ3) is 3.22. The lowest BCUT2D eigenvalue weighted by atomic mass is 10.2. The van der Waals surface area contributed by atoms with E-state index < -0.39 is 0 Å². The number of hydrogen-bond donors (Lipinski definition) is 0. The van der Waals surface area contributed by atoms with E-state index >= 15 is 0 Å². The van der Waals surface area contributed by atoms with Crippen LogP contribution < -0.4 is 0 Å². The van der Waals surface area contributed by atoms with Crippen LogP contribution in [-0.2, 0) is 16.0 Å². The number of ether oxygens (including phenoxy) is 1. The molecule has 1 rings (SSSR count). The van der Waals surface area contributed by atoms with Crippen molar-refractivity contribution in [2.75, 3.05) is 6.61 Å². The highest BCUT2D eigenvalue weighted by Crippen LogP contribution is 2.15. The topological polar surface area (TPSA) is 63.0 Å². The molecule has 5 heteroatoms. The largest absolute Gasteiger partial charge is 0.466 e. The molecule has 78 valence electrons. The van der Waals surface area contributed by atoms with Crippen LogP contribution in [-0.4, -0.2) is 17.6 Å². The third-order valence-electron chi connectivity index (χ3n) is 1.66. The van der Waals surface area contributed by atoms with Gasteiger partial charge in [0, 0.05) is 6.20 Å². The number of esters is 1. The molecule has 0 fully saturated rings. The molecule has 0 aliphatic heterocycles. The van der Waals surface area contributed by atoms with Gasteiger partial charge in [-0.25, -0.2) is 0 Å². The number of hydrogen-bond acceptors (Lipinski definition) is 4. The highest BCUT2D eigenvalue weighted by atomic mass is 35.5. The van der Waals surface area contributed by atoms with Gasteiger partial charge < -0.3 is 4.74 Å². The third-order valence-corrected chi connectivity index (χ3v) is 1.97. The number of nitrogens with zero attached hydrogens (tertiary/aromatic N) is 2. The van der Waals surface area contributed by atoms with Gasteiger partial charge in [0.2, 0.25) is 0 Å². The first-order chi connectivity index (χ1) is 7.17. The molecule has 15 heavy (non-hydrogen) atoms. The van der Waals surface area contributed by atoms with Gasteiger partial charge in [-0.15, -0.1) is 0 Å².